The molecular formula is C20H27BN2O3. The maximum atomic E-state index is 12.6. The van der Waals surface area contributed by atoms with Crippen LogP contribution in [0.15, 0.2) is 29.1 Å². The molecule has 0 aliphatic carbocycles. The van der Waals surface area contributed by atoms with Crippen LogP contribution >= 0.6 is 0 Å². The molecule has 0 N–H and O–H groups in total. The summed E-state index contributed by atoms with van der Waals surface area (Å²) < 4.78 is 7.15. The molecule has 0 saturated carbocycles. The molecule has 26 heavy (non-hydrogen) atoms. The molecule has 6 heteroatoms. The first-order chi connectivity index (χ1) is 12.5. The van der Waals surface area contributed by atoms with Crippen LogP contribution in [0.1, 0.15) is 31.2 Å². The Morgan fingerprint density at radius 3 is 2.65 bits per heavy atom. The lowest BCUT2D eigenvalue weighted by molar-refractivity contribution is -0.118. The van der Waals surface area contributed by atoms with Crippen LogP contribution in [-0.4, -0.2) is 43.8 Å². The molecule has 1 aromatic heterocycles. The van der Waals surface area contributed by atoms with Gasteiger partial charge in [0.2, 0.25) is 0 Å². The molecule has 0 atom stereocenters. The van der Waals surface area contributed by atoms with Crippen LogP contribution in [0.2, 0.25) is 0 Å². The van der Waals surface area contributed by atoms with E-state index in [1.165, 1.54) is 0 Å². The van der Waals surface area contributed by atoms with E-state index in [2.05, 4.69) is 12.8 Å². The number of rotatable bonds is 6. The largest absolute Gasteiger partial charge is 0.497 e. The van der Waals surface area contributed by atoms with Crippen molar-refractivity contribution in [1.82, 2.24) is 9.38 Å². The number of aldehydes is 1. The van der Waals surface area contributed by atoms with Crippen LogP contribution in [0.4, 0.5) is 0 Å². The average molecular weight is 354 g/mol. The number of aryl methyl sites for hydroxylation is 2. The van der Waals surface area contributed by atoms with Gasteiger partial charge in [0.25, 0.3) is 5.56 Å². The van der Waals surface area contributed by atoms with Crippen molar-refractivity contribution in [2.24, 2.45) is 5.41 Å². The van der Waals surface area contributed by atoms with Gasteiger partial charge in [0.15, 0.2) is 7.98 Å². The van der Waals surface area contributed by atoms with Crippen molar-refractivity contribution in [3.05, 3.63) is 40.2 Å². The maximum Gasteiger partial charge on any atom is 0.251 e. The Balaban J connectivity index is 1.82. The number of benzene rings is 1. The van der Waals surface area contributed by atoms with Crippen LogP contribution in [0.5, 0.6) is 5.75 Å². The van der Waals surface area contributed by atoms with Crippen molar-refractivity contribution in [2.75, 3.05) is 20.2 Å². The number of ether oxygens (including phenoxy) is 1. The van der Waals surface area contributed by atoms with Gasteiger partial charge in [-0.25, -0.2) is 0 Å². The molecule has 5 nitrogen and oxygen atoms in total. The van der Waals surface area contributed by atoms with E-state index in [1.54, 1.807) is 13.2 Å². The molecule has 1 fully saturated rings. The van der Waals surface area contributed by atoms with E-state index in [4.69, 9.17) is 4.74 Å². The SMILES string of the molecule is BN1CCC(C=O)(CCCn2c(=O)cc(C)c3ccc(OC)cc32)CC1. The zero-order valence-corrected chi connectivity index (χ0v) is 16.0. The average Bonchev–Trinajstić information content (AvgIpc) is 2.65. The fourth-order valence-corrected chi connectivity index (χ4v) is 3.97. The molecular weight excluding hydrogens is 327 g/mol. The van der Waals surface area contributed by atoms with Gasteiger partial charge in [-0.3, -0.25) is 4.79 Å². The minimum atomic E-state index is -0.228. The van der Waals surface area contributed by atoms with Crippen LogP contribution in [0, 0.1) is 12.3 Å². The van der Waals surface area contributed by atoms with Gasteiger partial charge in [0, 0.05) is 29.5 Å². The standard InChI is InChI=1S/C20H27BN2O3/c1-15-12-19(25)23(18-13-16(26-2)4-5-17(15)18)9-3-6-20(14-24)7-10-22(21)11-8-20/h4-5,12-14H,3,6-11,21H2,1-2H3. The van der Waals surface area contributed by atoms with Gasteiger partial charge in [-0.2, -0.15) is 0 Å². The van der Waals surface area contributed by atoms with Gasteiger partial charge in [-0.05, 0) is 63.4 Å². The van der Waals surface area contributed by atoms with Crippen molar-refractivity contribution < 1.29 is 9.53 Å². The second-order valence-corrected chi connectivity index (χ2v) is 7.59. The van der Waals surface area contributed by atoms with E-state index < -0.39 is 0 Å². The van der Waals surface area contributed by atoms with Gasteiger partial charge in [0.05, 0.1) is 12.6 Å². The second-order valence-electron chi connectivity index (χ2n) is 7.59. The highest BCUT2D eigenvalue weighted by atomic mass is 16.5. The van der Waals surface area contributed by atoms with E-state index in [0.717, 1.165) is 67.3 Å². The summed E-state index contributed by atoms with van der Waals surface area (Å²) in [5, 5.41) is 1.06. The highest BCUT2D eigenvalue weighted by Gasteiger charge is 2.32. The number of hydrogen-bond acceptors (Lipinski definition) is 4. The summed E-state index contributed by atoms with van der Waals surface area (Å²) in [6, 6.07) is 7.54. The number of aromatic nitrogens is 1. The van der Waals surface area contributed by atoms with Gasteiger partial charge < -0.3 is 18.9 Å². The van der Waals surface area contributed by atoms with Gasteiger partial charge in [-0.1, -0.05) is 0 Å². The molecule has 0 amide bonds. The van der Waals surface area contributed by atoms with E-state index in [9.17, 15) is 9.59 Å². The first-order valence-corrected chi connectivity index (χ1v) is 9.31. The minimum Gasteiger partial charge on any atom is -0.497 e. The smallest absolute Gasteiger partial charge is 0.251 e. The fraction of sp³-hybridized carbons (Fsp3) is 0.500. The van der Waals surface area contributed by atoms with Crippen LogP contribution in [0.3, 0.4) is 0 Å². The Kier molecular flexibility index (Phi) is 5.51. The van der Waals surface area contributed by atoms with Crippen LogP contribution < -0.4 is 10.3 Å². The fourth-order valence-electron chi connectivity index (χ4n) is 3.97. The molecule has 2 heterocycles. The number of pyridine rings is 1. The number of methoxy groups -OCH3 is 1. The quantitative estimate of drug-likeness (QED) is 0.588. The normalized spacial score (nSPS) is 17.3. The molecule has 1 saturated heterocycles. The van der Waals surface area contributed by atoms with E-state index in [-0.39, 0.29) is 11.0 Å². The third kappa shape index (κ3) is 3.70. The molecule has 138 valence electrons. The number of fused-ring (bicyclic) bond motifs is 1. The van der Waals surface area contributed by atoms with Crippen molar-refractivity contribution in [2.45, 2.75) is 39.2 Å². The summed E-state index contributed by atoms with van der Waals surface area (Å²) in [7, 11) is 3.73. The molecule has 0 spiro atoms. The van der Waals surface area contributed by atoms with E-state index in [1.807, 2.05) is 29.7 Å². The summed E-state index contributed by atoms with van der Waals surface area (Å²) in [5.41, 5.74) is 1.65. The van der Waals surface area contributed by atoms with Gasteiger partial charge in [-0.15, -0.1) is 0 Å². The molecule has 1 aliphatic heterocycles. The predicted molar refractivity (Wildman–Crippen MR) is 107 cm³/mol. The summed E-state index contributed by atoms with van der Waals surface area (Å²) in [6.07, 6.45) is 4.61. The minimum absolute atomic E-state index is 0.00628. The Morgan fingerprint density at radius 1 is 1.27 bits per heavy atom. The zero-order valence-electron chi connectivity index (χ0n) is 16.0. The van der Waals surface area contributed by atoms with E-state index >= 15 is 0 Å². The van der Waals surface area contributed by atoms with Gasteiger partial charge >= 0.3 is 0 Å². The topological polar surface area (TPSA) is 51.5 Å². The third-order valence-corrected chi connectivity index (χ3v) is 5.82. The van der Waals surface area contributed by atoms with Crippen molar-refractivity contribution in [1.29, 1.82) is 0 Å². The zero-order chi connectivity index (χ0) is 18.7. The number of carbonyl (C=O) groups is 1. The Labute approximate surface area is 155 Å². The van der Waals surface area contributed by atoms with Crippen LogP contribution in [0.25, 0.3) is 10.9 Å². The highest BCUT2D eigenvalue weighted by Crippen LogP contribution is 2.34. The highest BCUT2D eigenvalue weighted by molar-refractivity contribution is 6.04. The molecule has 0 unspecified atom stereocenters. The third-order valence-electron chi connectivity index (χ3n) is 5.82. The number of hydrogen-bond donors (Lipinski definition) is 0. The molecule has 0 radical (unpaired) electrons. The number of nitrogens with zero attached hydrogens (tertiary/aromatic N) is 2. The van der Waals surface area contributed by atoms with Crippen molar-refractivity contribution in [3.8, 4) is 5.75 Å². The first-order valence-electron chi connectivity index (χ1n) is 9.31. The monoisotopic (exact) mass is 354 g/mol. The predicted octanol–water partition coefficient (Wildman–Crippen LogP) is 1.93. The lowest BCUT2D eigenvalue weighted by Crippen LogP contribution is -2.39. The Hall–Kier alpha value is -2.08. The summed E-state index contributed by atoms with van der Waals surface area (Å²) >= 11 is 0. The maximum absolute atomic E-state index is 12.6. The second kappa shape index (κ2) is 7.66. The van der Waals surface area contributed by atoms with Crippen molar-refractivity contribution >= 4 is 25.2 Å². The molecule has 3 rings (SSSR count). The van der Waals surface area contributed by atoms with Crippen molar-refractivity contribution in [3.63, 3.8) is 0 Å². The molecule has 1 aromatic carbocycles. The van der Waals surface area contributed by atoms with Gasteiger partial charge in [0.1, 0.15) is 12.0 Å². The lowest BCUT2D eigenvalue weighted by Gasteiger charge is -2.37. The summed E-state index contributed by atoms with van der Waals surface area (Å²) in [6.45, 7) is 4.50. The summed E-state index contributed by atoms with van der Waals surface area (Å²) in [5.74, 6) is 0.746. The Morgan fingerprint density at radius 2 is 2.00 bits per heavy atom. The number of carbonyl (C=O) groups excluding carboxylic acids is 1. The first kappa shape index (κ1) is 18.7. The number of piperidine rings is 1. The molecule has 2 aromatic rings. The summed E-state index contributed by atoms with van der Waals surface area (Å²) in [4.78, 5) is 26.6. The molecule has 0 bridgehead atoms. The van der Waals surface area contributed by atoms with Crippen LogP contribution in [-0.2, 0) is 11.3 Å². The lowest BCUT2D eigenvalue weighted by atomic mass is 9.75. The Bertz CT molecular complexity index is 854. The van der Waals surface area contributed by atoms with E-state index in [0.29, 0.717) is 6.54 Å². The molecule has 1 aliphatic rings.